The third-order valence-electron chi connectivity index (χ3n) is 7.28. The Morgan fingerprint density at radius 2 is 1.60 bits per heavy atom. The van der Waals surface area contributed by atoms with E-state index in [0.29, 0.717) is 11.5 Å². The van der Waals surface area contributed by atoms with Crippen LogP contribution in [0.15, 0.2) is 97.5 Å². The predicted octanol–water partition coefficient (Wildman–Crippen LogP) is 8.49. The summed E-state index contributed by atoms with van der Waals surface area (Å²) in [5.74, 6) is 1.71. The SMILES string of the molecule is Cc1ccnc(-n2c3[c-]c(Oc4[c-]c(-n5cc(-c6c(C)cc(F)cc6C)cn5)ccc4)ccc3c3ccccc32)c1.[Pt+2]. The minimum Gasteiger partial charge on any atom is -0.509 e. The van der Waals surface area contributed by atoms with E-state index in [1.54, 1.807) is 23.0 Å². The first-order chi connectivity index (χ1) is 19.9. The molecule has 3 heterocycles. The summed E-state index contributed by atoms with van der Waals surface area (Å²) < 4.78 is 24.0. The van der Waals surface area contributed by atoms with E-state index in [0.717, 1.165) is 61.1 Å². The maximum atomic E-state index is 13.8. The molecule has 0 radical (unpaired) electrons. The topological polar surface area (TPSA) is 44.9 Å². The molecule has 0 aliphatic heterocycles. The van der Waals surface area contributed by atoms with Gasteiger partial charge in [0, 0.05) is 35.0 Å². The van der Waals surface area contributed by atoms with Crippen LogP contribution in [-0.2, 0) is 21.1 Å². The number of nitrogens with zero attached hydrogens (tertiary/aromatic N) is 4. The Morgan fingerprint density at radius 1 is 0.810 bits per heavy atom. The molecule has 0 saturated carbocycles. The molecule has 42 heavy (non-hydrogen) atoms. The van der Waals surface area contributed by atoms with Gasteiger partial charge in [-0.1, -0.05) is 23.7 Å². The molecule has 0 N–H and O–H groups in total. The van der Waals surface area contributed by atoms with Crippen LogP contribution in [0.25, 0.3) is 44.4 Å². The third kappa shape index (κ3) is 4.93. The fraction of sp³-hybridized carbons (Fsp3) is 0.0857. The smallest absolute Gasteiger partial charge is 0.509 e. The Morgan fingerprint density at radius 3 is 2.40 bits per heavy atom. The molecule has 7 rings (SSSR count). The number of ether oxygens (including phenoxy) is 1. The molecule has 208 valence electrons. The van der Waals surface area contributed by atoms with Crippen LogP contribution in [0.4, 0.5) is 4.39 Å². The van der Waals surface area contributed by atoms with E-state index < -0.39 is 0 Å². The summed E-state index contributed by atoms with van der Waals surface area (Å²) in [4.78, 5) is 4.65. The second-order valence-corrected chi connectivity index (χ2v) is 10.2. The van der Waals surface area contributed by atoms with Crippen molar-refractivity contribution < 1.29 is 30.2 Å². The van der Waals surface area contributed by atoms with Crippen molar-refractivity contribution in [2.24, 2.45) is 0 Å². The second kappa shape index (κ2) is 11.0. The van der Waals surface area contributed by atoms with E-state index in [1.165, 1.54) is 0 Å². The third-order valence-corrected chi connectivity index (χ3v) is 7.28. The summed E-state index contributed by atoms with van der Waals surface area (Å²) in [5.41, 5.74) is 7.43. The molecule has 0 aliphatic rings. The number of fused-ring (bicyclic) bond motifs is 3. The van der Waals surface area contributed by atoms with Gasteiger partial charge >= 0.3 is 21.1 Å². The number of hydrogen-bond donors (Lipinski definition) is 0. The van der Waals surface area contributed by atoms with Gasteiger partial charge in [0.2, 0.25) is 0 Å². The summed E-state index contributed by atoms with van der Waals surface area (Å²) in [6.07, 6.45) is 5.54. The van der Waals surface area contributed by atoms with Gasteiger partial charge in [0.15, 0.2) is 0 Å². The minimum absolute atomic E-state index is 0. The van der Waals surface area contributed by atoms with Crippen LogP contribution in [0, 0.1) is 38.7 Å². The predicted molar refractivity (Wildman–Crippen MR) is 159 cm³/mol. The molecule has 0 amide bonds. The number of pyridine rings is 1. The van der Waals surface area contributed by atoms with Gasteiger partial charge in [-0.25, -0.2) is 9.37 Å². The van der Waals surface area contributed by atoms with Gasteiger partial charge in [-0.05, 0) is 84.4 Å². The van der Waals surface area contributed by atoms with Crippen LogP contribution in [0.3, 0.4) is 0 Å². The van der Waals surface area contributed by atoms with Crippen LogP contribution < -0.4 is 4.74 Å². The first kappa shape index (κ1) is 27.6. The molecule has 3 aromatic heterocycles. The molecule has 4 aromatic carbocycles. The summed E-state index contributed by atoms with van der Waals surface area (Å²) in [6, 6.07) is 31.9. The van der Waals surface area contributed by atoms with Gasteiger partial charge < -0.3 is 9.30 Å². The summed E-state index contributed by atoms with van der Waals surface area (Å²) in [5, 5.41) is 6.75. The first-order valence-corrected chi connectivity index (χ1v) is 13.4. The fourth-order valence-electron chi connectivity index (χ4n) is 5.51. The number of hydrogen-bond acceptors (Lipinski definition) is 3. The summed E-state index contributed by atoms with van der Waals surface area (Å²) >= 11 is 0. The quantitative estimate of drug-likeness (QED) is 0.167. The van der Waals surface area contributed by atoms with E-state index in [-0.39, 0.29) is 26.9 Å². The van der Waals surface area contributed by atoms with Gasteiger partial charge in [0.25, 0.3) is 0 Å². The fourth-order valence-corrected chi connectivity index (χ4v) is 5.51. The zero-order chi connectivity index (χ0) is 28.1. The molecule has 5 nitrogen and oxygen atoms in total. The van der Waals surface area contributed by atoms with Crippen molar-refractivity contribution in [3.63, 3.8) is 0 Å². The number of halogens is 1. The van der Waals surface area contributed by atoms with E-state index in [1.807, 2.05) is 68.7 Å². The Labute approximate surface area is 257 Å². The Bertz CT molecular complexity index is 2070. The van der Waals surface area contributed by atoms with Crippen molar-refractivity contribution in [1.82, 2.24) is 19.3 Å². The molecular formula is C35H25FN4OPt. The Balaban J connectivity index is 0.00000316. The van der Waals surface area contributed by atoms with Crippen LogP contribution in [0.5, 0.6) is 11.5 Å². The molecule has 0 bridgehead atoms. The summed E-state index contributed by atoms with van der Waals surface area (Å²) in [6.45, 7) is 5.88. The largest absolute Gasteiger partial charge is 2.00 e. The van der Waals surface area contributed by atoms with Crippen LogP contribution in [0.1, 0.15) is 16.7 Å². The molecular weight excluding hydrogens is 706 g/mol. The number of aryl methyl sites for hydroxylation is 3. The van der Waals surface area contributed by atoms with Gasteiger partial charge in [0.05, 0.1) is 6.20 Å². The van der Waals surface area contributed by atoms with Crippen molar-refractivity contribution >= 4 is 21.8 Å². The van der Waals surface area contributed by atoms with E-state index in [9.17, 15) is 4.39 Å². The summed E-state index contributed by atoms with van der Waals surface area (Å²) in [7, 11) is 0. The zero-order valence-corrected chi connectivity index (χ0v) is 25.4. The van der Waals surface area contributed by atoms with E-state index >= 15 is 0 Å². The van der Waals surface area contributed by atoms with Gasteiger partial charge in [0.1, 0.15) is 11.6 Å². The molecule has 0 unspecified atom stereocenters. The van der Waals surface area contributed by atoms with Crippen molar-refractivity contribution in [1.29, 1.82) is 0 Å². The Kier molecular flexibility index (Phi) is 7.26. The normalized spacial score (nSPS) is 11.1. The van der Waals surface area contributed by atoms with Crippen molar-refractivity contribution in [2.75, 3.05) is 0 Å². The molecule has 7 aromatic rings. The zero-order valence-electron chi connectivity index (χ0n) is 23.1. The average molecular weight is 732 g/mol. The van der Waals surface area contributed by atoms with Gasteiger partial charge in [-0.2, -0.15) is 17.2 Å². The molecule has 0 spiro atoms. The maximum absolute atomic E-state index is 13.8. The Hall–Kier alpha value is -4.54. The number of para-hydroxylation sites is 1. The van der Waals surface area contributed by atoms with Crippen molar-refractivity contribution in [2.45, 2.75) is 20.8 Å². The van der Waals surface area contributed by atoms with E-state index in [4.69, 9.17) is 4.74 Å². The van der Waals surface area contributed by atoms with Crippen LogP contribution >= 0.6 is 0 Å². The van der Waals surface area contributed by atoms with Gasteiger partial charge in [-0.3, -0.25) is 4.68 Å². The molecule has 0 atom stereocenters. The number of rotatable bonds is 5. The molecule has 7 heteroatoms. The van der Waals surface area contributed by atoms with Crippen molar-refractivity contribution in [3.05, 3.63) is 132 Å². The molecule has 0 aliphatic carbocycles. The van der Waals surface area contributed by atoms with E-state index in [2.05, 4.69) is 58.0 Å². The second-order valence-electron chi connectivity index (χ2n) is 10.2. The first-order valence-electron chi connectivity index (χ1n) is 13.4. The molecule has 0 saturated heterocycles. The minimum atomic E-state index is -0.236. The standard InChI is InChI=1S/C35H25FN4O.Pt/c1-22-13-14-37-34(15-22)40-32-10-5-4-9-30(32)31-12-11-29(19-33(31)40)41-28-8-6-7-27(18-28)39-21-25(20-38-39)35-23(2)16-26(36)17-24(35)3;/h4-17,20-21H,1-3H3;/q-2;+2. The van der Waals surface area contributed by atoms with Gasteiger partial charge in [-0.15, -0.1) is 35.7 Å². The monoisotopic (exact) mass is 731 g/mol. The maximum Gasteiger partial charge on any atom is 2.00 e. The molecule has 0 fully saturated rings. The van der Waals surface area contributed by atoms with Crippen LogP contribution in [-0.4, -0.2) is 19.3 Å². The average Bonchev–Trinajstić information content (AvgIpc) is 3.56. The number of benzene rings is 4. The number of aromatic nitrogens is 4. The van der Waals surface area contributed by atoms with Crippen LogP contribution in [0.2, 0.25) is 0 Å². The van der Waals surface area contributed by atoms with Crippen molar-refractivity contribution in [3.8, 4) is 34.1 Å².